The number of hydrogen-bond donors (Lipinski definition) is 0. The van der Waals surface area contributed by atoms with Gasteiger partial charge in [0.05, 0.1) is 17.8 Å². The van der Waals surface area contributed by atoms with Gasteiger partial charge in [0.15, 0.2) is 0 Å². The van der Waals surface area contributed by atoms with Gasteiger partial charge in [-0.3, -0.25) is 19.5 Å². The fraction of sp³-hybridized carbons (Fsp3) is 0.318. The molecule has 1 aromatic carbocycles. The molecule has 0 unspecified atom stereocenters. The van der Waals surface area contributed by atoms with E-state index in [1.54, 1.807) is 6.20 Å². The predicted octanol–water partition coefficient (Wildman–Crippen LogP) is 3.07. The van der Waals surface area contributed by atoms with Crippen LogP contribution in [-0.4, -0.2) is 39.7 Å². The van der Waals surface area contributed by atoms with Crippen LogP contribution >= 0.6 is 0 Å². The first kappa shape index (κ1) is 17.5. The third-order valence-corrected chi connectivity index (χ3v) is 5.41. The van der Waals surface area contributed by atoms with Gasteiger partial charge in [0.1, 0.15) is 5.70 Å². The molecule has 27 heavy (non-hydrogen) atoms. The molecule has 4 rings (SSSR count). The van der Waals surface area contributed by atoms with E-state index in [1.165, 1.54) is 10.5 Å². The number of carbonyl (C=O) groups excluding carboxylic acids is 2. The number of aryl methyl sites for hydroxylation is 2. The first-order valence-electron chi connectivity index (χ1n) is 9.39. The summed E-state index contributed by atoms with van der Waals surface area (Å²) in [5.41, 5.74) is 4.90. The summed E-state index contributed by atoms with van der Waals surface area (Å²) >= 11 is 0. The number of hydrogen-bond acceptors (Lipinski definition) is 4. The molecule has 2 amide bonds. The minimum absolute atomic E-state index is 0.199. The van der Waals surface area contributed by atoms with Crippen LogP contribution in [0.4, 0.5) is 0 Å². The monoisotopic (exact) mass is 361 g/mol. The van der Waals surface area contributed by atoms with Crippen molar-refractivity contribution in [2.75, 3.05) is 13.1 Å². The molecule has 0 spiro atoms. The second kappa shape index (κ2) is 6.99. The number of carbonyl (C=O) groups is 2. The first-order chi connectivity index (χ1) is 13.1. The number of benzene rings is 1. The van der Waals surface area contributed by atoms with Crippen molar-refractivity contribution in [1.82, 2.24) is 14.8 Å². The SMILES string of the molecule is Cc1ccc(C2=C(N3CCCC3)C(=O)N(Cc3ccccn3)C2=O)cc1C. The summed E-state index contributed by atoms with van der Waals surface area (Å²) in [7, 11) is 0. The minimum Gasteiger partial charge on any atom is -0.366 e. The Morgan fingerprint density at radius 3 is 2.41 bits per heavy atom. The topological polar surface area (TPSA) is 53.5 Å². The van der Waals surface area contributed by atoms with Crippen LogP contribution in [-0.2, 0) is 16.1 Å². The zero-order valence-electron chi connectivity index (χ0n) is 15.7. The van der Waals surface area contributed by atoms with E-state index in [-0.39, 0.29) is 18.4 Å². The molecular weight excluding hydrogens is 338 g/mol. The highest BCUT2D eigenvalue weighted by Crippen LogP contribution is 2.34. The zero-order valence-corrected chi connectivity index (χ0v) is 15.7. The van der Waals surface area contributed by atoms with Gasteiger partial charge in [0.25, 0.3) is 11.8 Å². The van der Waals surface area contributed by atoms with Gasteiger partial charge in [-0.15, -0.1) is 0 Å². The molecule has 0 bridgehead atoms. The van der Waals surface area contributed by atoms with Gasteiger partial charge in [-0.1, -0.05) is 24.3 Å². The Morgan fingerprint density at radius 1 is 0.963 bits per heavy atom. The van der Waals surface area contributed by atoms with Crippen LogP contribution in [0, 0.1) is 13.8 Å². The Kier molecular flexibility index (Phi) is 4.52. The molecule has 138 valence electrons. The zero-order chi connectivity index (χ0) is 19.0. The molecule has 2 aliphatic heterocycles. The molecule has 0 aliphatic carbocycles. The number of aromatic nitrogens is 1. The van der Waals surface area contributed by atoms with E-state index in [0.29, 0.717) is 17.0 Å². The van der Waals surface area contributed by atoms with Crippen molar-refractivity contribution in [2.45, 2.75) is 33.2 Å². The highest BCUT2D eigenvalue weighted by atomic mass is 16.2. The van der Waals surface area contributed by atoms with Crippen molar-refractivity contribution in [2.24, 2.45) is 0 Å². The molecule has 5 heteroatoms. The number of rotatable bonds is 4. The molecule has 2 aliphatic rings. The van der Waals surface area contributed by atoms with Gasteiger partial charge in [-0.25, -0.2) is 0 Å². The van der Waals surface area contributed by atoms with Crippen molar-refractivity contribution in [1.29, 1.82) is 0 Å². The minimum atomic E-state index is -0.226. The number of likely N-dealkylation sites (tertiary alicyclic amines) is 1. The van der Waals surface area contributed by atoms with Crippen molar-refractivity contribution in [3.8, 4) is 0 Å². The molecule has 3 heterocycles. The molecule has 0 atom stereocenters. The van der Waals surface area contributed by atoms with Crippen molar-refractivity contribution < 1.29 is 9.59 Å². The molecule has 0 radical (unpaired) electrons. The maximum Gasteiger partial charge on any atom is 0.278 e. The summed E-state index contributed by atoms with van der Waals surface area (Å²) in [6, 6.07) is 11.5. The molecule has 0 saturated carbocycles. The second-order valence-electron chi connectivity index (χ2n) is 7.23. The Bertz CT molecular complexity index is 928. The van der Waals surface area contributed by atoms with Crippen molar-refractivity contribution in [3.05, 3.63) is 70.7 Å². The van der Waals surface area contributed by atoms with Crippen LogP contribution in [0.3, 0.4) is 0 Å². The number of nitrogens with zero attached hydrogens (tertiary/aromatic N) is 3. The fourth-order valence-electron chi connectivity index (χ4n) is 3.75. The summed E-state index contributed by atoms with van der Waals surface area (Å²) in [6.07, 6.45) is 3.77. The Morgan fingerprint density at radius 2 is 1.74 bits per heavy atom. The van der Waals surface area contributed by atoms with Gasteiger partial charge in [-0.2, -0.15) is 0 Å². The number of imide groups is 1. The van der Waals surface area contributed by atoms with E-state index in [4.69, 9.17) is 0 Å². The van der Waals surface area contributed by atoms with Gasteiger partial charge < -0.3 is 4.90 Å². The summed E-state index contributed by atoms with van der Waals surface area (Å²) in [6.45, 7) is 5.91. The lowest BCUT2D eigenvalue weighted by Gasteiger charge is -2.20. The lowest BCUT2D eigenvalue weighted by atomic mass is 9.99. The lowest BCUT2D eigenvalue weighted by Crippen LogP contribution is -2.34. The van der Waals surface area contributed by atoms with Gasteiger partial charge in [0.2, 0.25) is 0 Å². The van der Waals surface area contributed by atoms with Crippen LogP contribution in [0.2, 0.25) is 0 Å². The largest absolute Gasteiger partial charge is 0.366 e. The Balaban J connectivity index is 1.76. The molecular formula is C22H23N3O2. The summed E-state index contributed by atoms with van der Waals surface area (Å²) in [5, 5.41) is 0. The van der Waals surface area contributed by atoms with E-state index in [0.717, 1.165) is 37.1 Å². The van der Waals surface area contributed by atoms with Gasteiger partial charge in [0, 0.05) is 19.3 Å². The highest BCUT2D eigenvalue weighted by Gasteiger charge is 2.42. The molecule has 1 saturated heterocycles. The maximum absolute atomic E-state index is 13.3. The van der Waals surface area contributed by atoms with Crippen LogP contribution in [0.5, 0.6) is 0 Å². The molecule has 5 nitrogen and oxygen atoms in total. The average molecular weight is 361 g/mol. The van der Waals surface area contributed by atoms with E-state index < -0.39 is 0 Å². The van der Waals surface area contributed by atoms with Gasteiger partial charge >= 0.3 is 0 Å². The van der Waals surface area contributed by atoms with Crippen LogP contribution in [0.25, 0.3) is 5.57 Å². The summed E-state index contributed by atoms with van der Waals surface area (Å²) in [5.74, 6) is -0.434. The lowest BCUT2D eigenvalue weighted by molar-refractivity contribution is -0.138. The molecule has 1 fully saturated rings. The predicted molar refractivity (Wildman–Crippen MR) is 103 cm³/mol. The van der Waals surface area contributed by atoms with Crippen molar-refractivity contribution in [3.63, 3.8) is 0 Å². The van der Waals surface area contributed by atoms with E-state index in [1.807, 2.05) is 50.2 Å². The van der Waals surface area contributed by atoms with E-state index >= 15 is 0 Å². The van der Waals surface area contributed by atoms with Crippen LogP contribution in [0.1, 0.15) is 35.2 Å². The van der Waals surface area contributed by atoms with E-state index in [9.17, 15) is 9.59 Å². The van der Waals surface area contributed by atoms with E-state index in [2.05, 4.69) is 9.88 Å². The van der Waals surface area contributed by atoms with Crippen LogP contribution in [0.15, 0.2) is 48.3 Å². The number of pyridine rings is 1. The van der Waals surface area contributed by atoms with Gasteiger partial charge in [-0.05, 0) is 55.5 Å². The second-order valence-corrected chi connectivity index (χ2v) is 7.23. The molecule has 1 aromatic heterocycles. The first-order valence-corrected chi connectivity index (χ1v) is 9.39. The third kappa shape index (κ3) is 3.14. The summed E-state index contributed by atoms with van der Waals surface area (Å²) in [4.78, 5) is 34.2. The van der Waals surface area contributed by atoms with Crippen molar-refractivity contribution >= 4 is 17.4 Å². The third-order valence-electron chi connectivity index (χ3n) is 5.41. The normalized spacial score (nSPS) is 17.4. The van der Waals surface area contributed by atoms with Crippen LogP contribution < -0.4 is 0 Å². The Labute approximate surface area is 159 Å². The maximum atomic E-state index is 13.3. The average Bonchev–Trinajstić information content (AvgIpc) is 3.27. The quantitative estimate of drug-likeness (QED) is 0.786. The molecule has 2 aromatic rings. The Hall–Kier alpha value is -2.95. The molecule has 0 N–H and O–H groups in total. The summed E-state index contributed by atoms with van der Waals surface area (Å²) < 4.78 is 0. The fourth-order valence-corrected chi connectivity index (χ4v) is 3.75. The highest BCUT2D eigenvalue weighted by molar-refractivity contribution is 6.35. The smallest absolute Gasteiger partial charge is 0.278 e. The number of amides is 2. The standard InChI is InChI=1S/C22H23N3O2/c1-15-8-9-17(13-16(15)2)19-20(24-11-5-6-12-24)22(27)25(21(19)26)14-18-7-3-4-10-23-18/h3-4,7-10,13H,5-6,11-12,14H2,1-2H3.